The van der Waals surface area contributed by atoms with Gasteiger partial charge in [0.25, 0.3) is 0 Å². The molecule has 0 aromatic rings. The van der Waals surface area contributed by atoms with Crippen LogP contribution in [0.15, 0.2) is 0 Å². The molecular formula is C12H18CuO12. The first-order chi connectivity index (χ1) is 11.0. The van der Waals surface area contributed by atoms with Crippen LogP contribution in [-0.2, 0) is 45.7 Å². The fourth-order valence-corrected chi connectivity index (χ4v) is 0.971. The van der Waals surface area contributed by atoms with Crippen molar-refractivity contribution >= 4 is 23.9 Å². The van der Waals surface area contributed by atoms with E-state index >= 15 is 0 Å². The summed E-state index contributed by atoms with van der Waals surface area (Å²) in [6.45, 7) is 2.96. The molecule has 0 aromatic heterocycles. The number of esters is 2. The van der Waals surface area contributed by atoms with Gasteiger partial charge in [0.05, 0.1) is 25.2 Å². The van der Waals surface area contributed by atoms with Gasteiger partial charge in [-0.1, -0.05) is 0 Å². The molecule has 12 nitrogen and oxygen atoms in total. The molecule has 149 valence electrons. The van der Waals surface area contributed by atoms with E-state index in [2.05, 4.69) is 9.47 Å². The molecule has 0 fully saturated rings. The summed E-state index contributed by atoms with van der Waals surface area (Å²) in [7, 11) is 0. The van der Waals surface area contributed by atoms with Crippen molar-refractivity contribution in [3.8, 4) is 0 Å². The topological polar surface area (TPSA) is 214 Å². The third kappa shape index (κ3) is 11.4. The molecule has 1 radical (unpaired) electrons. The van der Waals surface area contributed by atoms with Crippen LogP contribution in [0.3, 0.4) is 0 Å². The third-order valence-corrected chi connectivity index (χ3v) is 2.14. The molecule has 4 atom stereocenters. The van der Waals surface area contributed by atoms with E-state index in [9.17, 15) is 29.4 Å². The SMILES string of the molecule is CCOC(=O)C(O)C(O)C(=O)[O-].CCOC(=O)C(O)C(O)C(=O)[O-].[Cu+2]. The molecule has 0 saturated carbocycles. The third-order valence-electron chi connectivity index (χ3n) is 2.14. The molecule has 13 heteroatoms. The molecule has 4 N–H and O–H groups in total. The summed E-state index contributed by atoms with van der Waals surface area (Å²) in [6.07, 6.45) is -8.67. The fourth-order valence-electron chi connectivity index (χ4n) is 0.971. The van der Waals surface area contributed by atoms with E-state index in [-0.39, 0.29) is 30.3 Å². The second kappa shape index (κ2) is 14.6. The number of aliphatic carboxylic acids is 2. The Hall–Kier alpha value is -1.76. The Labute approximate surface area is 152 Å². The summed E-state index contributed by atoms with van der Waals surface area (Å²) in [6, 6.07) is 0. The van der Waals surface area contributed by atoms with Crippen molar-refractivity contribution in [1.29, 1.82) is 0 Å². The summed E-state index contributed by atoms with van der Waals surface area (Å²) in [5, 5.41) is 54.5. The van der Waals surface area contributed by atoms with Crippen LogP contribution in [0.1, 0.15) is 13.8 Å². The van der Waals surface area contributed by atoms with Crippen LogP contribution in [0.25, 0.3) is 0 Å². The van der Waals surface area contributed by atoms with Crippen LogP contribution >= 0.6 is 0 Å². The van der Waals surface area contributed by atoms with Gasteiger partial charge in [0.15, 0.2) is 12.2 Å². The minimum Gasteiger partial charge on any atom is -0.547 e. The van der Waals surface area contributed by atoms with Crippen molar-refractivity contribution in [1.82, 2.24) is 0 Å². The van der Waals surface area contributed by atoms with Crippen molar-refractivity contribution in [2.24, 2.45) is 0 Å². The normalized spacial score (nSPS) is 14.3. The Morgan fingerprint density at radius 2 is 0.960 bits per heavy atom. The van der Waals surface area contributed by atoms with Crippen LogP contribution in [0, 0.1) is 0 Å². The van der Waals surface area contributed by atoms with Crippen LogP contribution in [0.2, 0.25) is 0 Å². The minimum absolute atomic E-state index is 0. The zero-order valence-corrected chi connectivity index (χ0v) is 14.0. The number of ether oxygens (including phenoxy) is 2. The molecule has 0 saturated heterocycles. The predicted molar refractivity (Wildman–Crippen MR) is 67.3 cm³/mol. The van der Waals surface area contributed by atoms with Gasteiger partial charge < -0.3 is 49.7 Å². The summed E-state index contributed by atoms with van der Waals surface area (Å²) in [5.41, 5.74) is 0. The molecule has 0 aliphatic rings. The Morgan fingerprint density at radius 3 is 1.12 bits per heavy atom. The van der Waals surface area contributed by atoms with E-state index < -0.39 is 48.3 Å². The summed E-state index contributed by atoms with van der Waals surface area (Å²) >= 11 is 0. The van der Waals surface area contributed by atoms with Crippen molar-refractivity contribution < 1.29 is 76.4 Å². The van der Waals surface area contributed by atoms with Crippen LogP contribution in [0.4, 0.5) is 0 Å². The zero-order valence-electron chi connectivity index (χ0n) is 13.1. The average Bonchev–Trinajstić information content (AvgIpc) is 2.52. The number of carbonyl (C=O) groups excluding carboxylic acids is 4. The van der Waals surface area contributed by atoms with Gasteiger partial charge >= 0.3 is 29.0 Å². The molecule has 0 amide bonds. The minimum atomic E-state index is -2.25. The molecule has 0 bridgehead atoms. The molecule has 0 spiro atoms. The van der Waals surface area contributed by atoms with Gasteiger partial charge in [0, 0.05) is 0 Å². The maximum atomic E-state index is 10.6. The van der Waals surface area contributed by atoms with E-state index in [1.165, 1.54) is 13.8 Å². The smallest absolute Gasteiger partial charge is 0.547 e. The van der Waals surface area contributed by atoms with Gasteiger partial charge in [0.2, 0.25) is 0 Å². The summed E-state index contributed by atoms with van der Waals surface area (Å²) in [5.74, 6) is -6.21. The summed E-state index contributed by atoms with van der Waals surface area (Å²) < 4.78 is 8.47. The monoisotopic (exact) mass is 417 g/mol. The Balaban J connectivity index is -0.000000372. The van der Waals surface area contributed by atoms with Gasteiger partial charge in [-0.3, -0.25) is 0 Å². The Bertz CT molecular complexity index is 400. The number of carbonyl (C=O) groups is 4. The molecule has 4 unspecified atom stereocenters. The first-order valence-electron chi connectivity index (χ1n) is 6.48. The van der Waals surface area contributed by atoms with Crippen molar-refractivity contribution in [2.75, 3.05) is 13.2 Å². The van der Waals surface area contributed by atoms with Crippen molar-refractivity contribution in [3.63, 3.8) is 0 Å². The van der Waals surface area contributed by atoms with Crippen molar-refractivity contribution in [3.05, 3.63) is 0 Å². The molecule has 0 heterocycles. The maximum absolute atomic E-state index is 10.6. The number of carboxylic acids is 2. The largest absolute Gasteiger partial charge is 2.00 e. The molecule has 0 rings (SSSR count). The molecule has 25 heavy (non-hydrogen) atoms. The van der Waals surface area contributed by atoms with Gasteiger partial charge in [-0.15, -0.1) is 0 Å². The summed E-state index contributed by atoms with van der Waals surface area (Å²) in [4.78, 5) is 41.0. The number of aliphatic hydroxyl groups is 4. The van der Waals surface area contributed by atoms with E-state index in [4.69, 9.17) is 20.4 Å². The predicted octanol–water partition coefficient (Wildman–Crippen LogP) is -5.96. The van der Waals surface area contributed by atoms with E-state index in [1.807, 2.05) is 0 Å². The Kier molecular flexibility index (Phi) is 16.4. The van der Waals surface area contributed by atoms with E-state index in [0.29, 0.717) is 0 Å². The Morgan fingerprint density at radius 1 is 0.720 bits per heavy atom. The van der Waals surface area contributed by atoms with Crippen LogP contribution in [-0.4, -0.2) is 81.9 Å². The maximum Gasteiger partial charge on any atom is 2.00 e. The number of hydrogen-bond acceptors (Lipinski definition) is 12. The van der Waals surface area contributed by atoms with Crippen LogP contribution < -0.4 is 10.2 Å². The van der Waals surface area contributed by atoms with Gasteiger partial charge in [-0.25, -0.2) is 9.59 Å². The quantitative estimate of drug-likeness (QED) is 0.214. The number of aliphatic hydroxyl groups excluding tert-OH is 4. The number of carboxylic acid groups (broad SMARTS) is 2. The van der Waals surface area contributed by atoms with Crippen molar-refractivity contribution in [2.45, 2.75) is 38.3 Å². The molecule has 0 aliphatic carbocycles. The first kappa shape index (κ1) is 28.1. The second-order valence-corrected chi connectivity index (χ2v) is 3.92. The molecular weight excluding hydrogens is 400 g/mol. The van der Waals surface area contributed by atoms with Gasteiger partial charge in [-0.05, 0) is 13.8 Å². The van der Waals surface area contributed by atoms with Gasteiger partial charge in [0.1, 0.15) is 12.2 Å². The fraction of sp³-hybridized carbons (Fsp3) is 0.667. The number of hydrogen-bond donors (Lipinski definition) is 4. The molecule has 0 aromatic carbocycles. The zero-order chi connectivity index (χ0) is 19.4. The average molecular weight is 418 g/mol. The van der Waals surface area contributed by atoms with E-state index in [0.717, 1.165) is 0 Å². The van der Waals surface area contributed by atoms with E-state index in [1.54, 1.807) is 0 Å². The first-order valence-corrected chi connectivity index (χ1v) is 6.48. The van der Waals surface area contributed by atoms with Gasteiger partial charge in [-0.2, -0.15) is 0 Å². The second-order valence-electron chi connectivity index (χ2n) is 3.92. The standard InChI is InChI=1S/2C6H10O6.Cu/c2*1-2-12-6(11)4(8)3(7)5(9)10;/h2*3-4,7-8H,2H2,1H3,(H,9,10);/q;;+2/p-2. The molecule has 0 aliphatic heterocycles. The van der Waals surface area contributed by atoms with Crippen LogP contribution in [0.5, 0.6) is 0 Å². The number of rotatable bonds is 8.